The summed E-state index contributed by atoms with van der Waals surface area (Å²) in [6.07, 6.45) is 0. The lowest BCUT2D eigenvalue weighted by atomic mass is 9.92. The summed E-state index contributed by atoms with van der Waals surface area (Å²) in [7, 11) is 1.41. The van der Waals surface area contributed by atoms with Crippen LogP contribution in [0.2, 0.25) is 0 Å². The molecule has 0 heterocycles. The number of carbonyl (C=O) groups is 1. The summed E-state index contributed by atoms with van der Waals surface area (Å²) in [5, 5.41) is 11.5. The van der Waals surface area contributed by atoms with Gasteiger partial charge in [-0.1, -0.05) is 0 Å². The molecular formula is C10H11F2NO2. The molecule has 1 aromatic rings. The van der Waals surface area contributed by atoms with Gasteiger partial charge in [0.25, 0.3) is 0 Å². The summed E-state index contributed by atoms with van der Waals surface area (Å²) < 4.78 is 25.8. The summed E-state index contributed by atoms with van der Waals surface area (Å²) in [6.45, 7) is 1.34. The maximum Gasteiger partial charge on any atom is 0.328 e. The second-order valence-corrected chi connectivity index (χ2v) is 3.34. The minimum absolute atomic E-state index is 0.0370. The number of hydrogen-bond acceptors (Lipinski definition) is 2. The number of likely N-dealkylation sites (N-methyl/N-ethyl adjacent to an activating group) is 1. The molecule has 15 heavy (non-hydrogen) atoms. The molecule has 0 bridgehead atoms. The van der Waals surface area contributed by atoms with Crippen molar-refractivity contribution in [1.29, 1.82) is 0 Å². The predicted octanol–water partition coefficient (Wildman–Crippen LogP) is 1.48. The van der Waals surface area contributed by atoms with Crippen molar-refractivity contribution < 1.29 is 18.7 Å². The Morgan fingerprint density at radius 3 is 2.13 bits per heavy atom. The quantitative estimate of drug-likeness (QED) is 0.803. The SMILES string of the molecule is CNC(C)(C(=O)O)c1cc(F)cc(F)c1. The first-order chi connectivity index (χ1) is 6.90. The predicted molar refractivity (Wildman–Crippen MR) is 50.4 cm³/mol. The highest BCUT2D eigenvalue weighted by molar-refractivity contribution is 5.80. The van der Waals surface area contributed by atoms with Crippen molar-refractivity contribution in [2.45, 2.75) is 12.5 Å². The molecule has 2 N–H and O–H groups in total. The van der Waals surface area contributed by atoms with Crippen molar-refractivity contribution in [1.82, 2.24) is 5.32 Å². The summed E-state index contributed by atoms with van der Waals surface area (Å²) in [4.78, 5) is 11.0. The Morgan fingerprint density at radius 2 is 1.80 bits per heavy atom. The van der Waals surface area contributed by atoms with Crippen LogP contribution in [0.1, 0.15) is 12.5 Å². The minimum Gasteiger partial charge on any atom is -0.480 e. The number of benzene rings is 1. The summed E-state index contributed by atoms with van der Waals surface area (Å²) in [5.74, 6) is -2.80. The molecule has 0 aliphatic rings. The average molecular weight is 215 g/mol. The number of carboxylic acid groups (broad SMARTS) is 1. The molecule has 3 nitrogen and oxygen atoms in total. The van der Waals surface area contributed by atoms with E-state index in [0.717, 1.165) is 12.1 Å². The monoisotopic (exact) mass is 215 g/mol. The normalized spacial score (nSPS) is 14.7. The molecule has 1 unspecified atom stereocenters. The maximum atomic E-state index is 12.9. The largest absolute Gasteiger partial charge is 0.480 e. The van der Waals surface area contributed by atoms with Gasteiger partial charge in [-0.15, -0.1) is 0 Å². The molecule has 1 aromatic carbocycles. The van der Waals surface area contributed by atoms with Crippen LogP contribution in [0, 0.1) is 11.6 Å². The standard InChI is InChI=1S/C10H11F2NO2/c1-10(13-2,9(14)15)6-3-7(11)5-8(12)4-6/h3-5,13H,1-2H3,(H,14,15). The van der Waals surface area contributed by atoms with Crippen molar-refractivity contribution in [3.63, 3.8) is 0 Å². The van der Waals surface area contributed by atoms with Crippen LogP contribution >= 0.6 is 0 Å². The number of carboxylic acids is 1. The number of rotatable bonds is 3. The van der Waals surface area contributed by atoms with Gasteiger partial charge in [0.1, 0.15) is 17.2 Å². The fourth-order valence-corrected chi connectivity index (χ4v) is 1.22. The smallest absolute Gasteiger partial charge is 0.328 e. The van der Waals surface area contributed by atoms with E-state index in [0.29, 0.717) is 6.07 Å². The summed E-state index contributed by atoms with van der Waals surface area (Å²) in [5.41, 5.74) is -1.46. The summed E-state index contributed by atoms with van der Waals surface area (Å²) in [6, 6.07) is 2.68. The molecule has 0 aliphatic carbocycles. The van der Waals surface area contributed by atoms with Crippen LogP contribution in [0.15, 0.2) is 18.2 Å². The number of halogens is 2. The first kappa shape index (κ1) is 11.6. The van der Waals surface area contributed by atoms with E-state index < -0.39 is 23.1 Å². The minimum atomic E-state index is -1.50. The van der Waals surface area contributed by atoms with Crippen LogP contribution in [0.4, 0.5) is 8.78 Å². The Bertz CT molecular complexity index is 375. The number of nitrogens with one attached hydrogen (secondary N) is 1. The fourth-order valence-electron chi connectivity index (χ4n) is 1.22. The molecule has 0 aliphatic heterocycles. The third kappa shape index (κ3) is 2.12. The Balaban J connectivity index is 3.29. The van der Waals surface area contributed by atoms with Crippen LogP contribution < -0.4 is 5.32 Å². The molecule has 1 rings (SSSR count). The zero-order chi connectivity index (χ0) is 11.6. The van der Waals surface area contributed by atoms with Gasteiger partial charge in [-0.2, -0.15) is 0 Å². The van der Waals surface area contributed by atoms with Gasteiger partial charge in [0, 0.05) is 6.07 Å². The third-order valence-corrected chi connectivity index (χ3v) is 2.37. The zero-order valence-electron chi connectivity index (χ0n) is 8.34. The maximum absolute atomic E-state index is 12.9. The van der Waals surface area contributed by atoms with Gasteiger partial charge in [0.15, 0.2) is 0 Å². The van der Waals surface area contributed by atoms with Crippen molar-refractivity contribution >= 4 is 5.97 Å². The molecule has 0 spiro atoms. The van der Waals surface area contributed by atoms with Crippen LogP contribution in [0.5, 0.6) is 0 Å². The van der Waals surface area contributed by atoms with E-state index in [2.05, 4.69) is 5.32 Å². The molecular weight excluding hydrogens is 204 g/mol. The lowest BCUT2D eigenvalue weighted by molar-refractivity contribution is -0.144. The highest BCUT2D eigenvalue weighted by atomic mass is 19.1. The van der Waals surface area contributed by atoms with E-state index in [1.165, 1.54) is 14.0 Å². The van der Waals surface area contributed by atoms with E-state index in [1.54, 1.807) is 0 Å². The van der Waals surface area contributed by atoms with Crippen LogP contribution in [-0.4, -0.2) is 18.1 Å². The first-order valence-corrected chi connectivity index (χ1v) is 4.29. The van der Waals surface area contributed by atoms with E-state index >= 15 is 0 Å². The van der Waals surface area contributed by atoms with Gasteiger partial charge in [-0.25, -0.2) is 13.6 Å². The lowest BCUT2D eigenvalue weighted by Gasteiger charge is -2.24. The van der Waals surface area contributed by atoms with Gasteiger partial charge < -0.3 is 10.4 Å². The highest BCUT2D eigenvalue weighted by Crippen LogP contribution is 2.22. The van der Waals surface area contributed by atoms with Crippen molar-refractivity contribution in [2.75, 3.05) is 7.05 Å². The Morgan fingerprint density at radius 1 is 1.33 bits per heavy atom. The molecule has 0 radical (unpaired) electrons. The van der Waals surface area contributed by atoms with Gasteiger partial charge in [0.2, 0.25) is 0 Å². The Kier molecular flexibility index (Phi) is 3.04. The lowest BCUT2D eigenvalue weighted by Crippen LogP contribution is -2.44. The molecule has 5 heteroatoms. The molecule has 0 amide bonds. The van der Waals surface area contributed by atoms with Crippen molar-refractivity contribution in [3.8, 4) is 0 Å². The van der Waals surface area contributed by atoms with Gasteiger partial charge in [-0.05, 0) is 31.7 Å². The molecule has 0 fully saturated rings. The molecule has 82 valence electrons. The Hall–Kier alpha value is -1.49. The number of aliphatic carboxylic acids is 1. The first-order valence-electron chi connectivity index (χ1n) is 4.29. The van der Waals surface area contributed by atoms with Crippen molar-refractivity contribution in [3.05, 3.63) is 35.4 Å². The molecule has 0 aromatic heterocycles. The van der Waals surface area contributed by atoms with Crippen molar-refractivity contribution in [2.24, 2.45) is 0 Å². The van der Waals surface area contributed by atoms with Crippen LogP contribution in [-0.2, 0) is 10.3 Å². The van der Waals surface area contributed by atoms with Gasteiger partial charge >= 0.3 is 5.97 Å². The fraction of sp³-hybridized carbons (Fsp3) is 0.300. The molecule has 1 atom stereocenters. The van der Waals surface area contributed by atoms with E-state index in [9.17, 15) is 13.6 Å². The zero-order valence-corrected chi connectivity index (χ0v) is 8.34. The number of hydrogen-bond donors (Lipinski definition) is 2. The second kappa shape index (κ2) is 3.94. The van der Waals surface area contributed by atoms with E-state index in [4.69, 9.17) is 5.11 Å². The highest BCUT2D eigenvalue weighted by Gasteiger charge is 2.34. The van der Waals surface area contributed by atoms with E-state index in [1.807, 2.05) is 0 Å². The van der Waals surface area contributed by atoms with Gasteiger partial charge in [-0.3, -0.25) is 0 Å². The Labute approximate surface area is 85.7 Å². The van der Waals surface area contributed by atoms with Crippen LogP contribution in [0.3, 0.4) is 0 Å². The van der Waals surface area contributed by atoms with E-state index in [-0.39, 0.29) is 5.56 Å². The van der Waals surface area contributed by atoms with Gasteiger partial charge in [0.05, 0.1) is 0 Å². The average Bonchev–Trinajstić information content (AvgIpc) is 2.14. The molecule has 0 saturated carbocycles. The molecule has 0 saturated heterocycles. The van der Waals surface area contributed by atoms with Crippen LogP contribution in [0.25, 0.3) is 0 Å². The third-order valence-electron chi connectivity index (χ3n) is 2.37. The summed E-state index contributed by atoms with van der Waals surface area (Å²) >= 11 is 0. The second-order valence-electron chi connectivity index (χ2n) is 3.34. The topological polar surface area (TPSA) is 49.3 Å².